The van der Waals surface area contributed by atoms with Gasteiger partial charge in [0.05, 0.1) is 0 Å². The zero-order valence-electron chi connectivity index (χ0n) is 7.19. The maximum atomic E-state index is 12.8. The third-order valence-corrected chi connectivity index (χ3v) is 2.22. The van der Waals surface area contributed by atoms with Crippen molar-refractivity contribution in [2.24, 2.45) is 0 Å². The maximum Gasteiger partial charge on any atom is 0.235 e. The summed E-state index contributed by atoms with van der Waals surface area (Å²) >= 11 is 11.0. The molecule has 0 aliphatic heterocycles. The summed E-state index contributed by atoms with van der Waals surface area (Å²) in [6.07, 6.45) is 0. The van der Waals surface area contributed by atoms with Gasteiger partial charge in [0.1, 0.15) is 11.7 Å². The van der Waals surface area contributed by atoms with Crippen molar-refractivity contribution in [1.82, 2.24) is 5.32 Å². The lowest BCUT2D eigenvalue weighted by atomic mass is 10.2. The summed E-state index contributed by atoms with van der Waals surface area (Å²) in [5.74, 6) is -0.816. The van der Waals surface area contributed by atoms with E-state index >= 15 is 0 Å². The maximum absolute atomic E-state index is 12.8. The third kappa shape index (κ3) is 3.16. The normalized spacial score (nSPS) is 9.93. The smallest absolute Gasteiger partial charge is 0.235 e. The fourth-order valence-corrected chi connectivity index (χ4v) is 1.20. The molecule has 1 N–H and O–H groups in total. The molecule has 1 amide bonds. The minimum absolute atomic E-state index is 0.118. The van der Waals surface area contributed by atoms with Crippen molar-refractivity contribution in [2.45, 2.75) is 6.54 Å². The lowest BCUT2D eigenvalue weighted by molar-refractivity contribution is -0.118. The van der Waals surface area contributed by atoms with Crippen molar-refractivity contribution < 1.29 is 9.18 Å². The molecule has 0 aliphatic carbocycles. The fraction of sp³-hybridized carbons (Fsp3) is 0.222. The minimum atomic E-state index is -0.385. The molecule has 0 atom stereocenters. The van der Waals surface area contributed by atoms with E-state index in [2.05, 4.69) is 5.32 Å². The topological polar surface area (TPSA) is 29.1 Å². The number of alkyl halides is 1. The van der Waals surface area contributed by atoms with E-state index in [1.807, 2.05) is 0 Å². The zero-order valence-corrected chi connectivity index (χ0v) is 8.70. The van der Waals surface area contributed by atoms with E-state index in [0.29, 0.717) is 10.6 Å². The molecule has 1 aromatic carbocycles. The molecule has 0 unspecified atom stereocenters. The van der Waals surface area contributed by atoms with Crippen LogP contribution in [-0.2, 0) is 11.3 Å². The Morgan fingerprint density at radius 1 is 1.50 bits per heavy atom. The number of carbonyl (C=O) groups excluding carboxylic acids is 1. The second kappa shape index (κ2) is 5.17. The van der Waals surface area contributed by atoms with Crippen molar-refractivity contribution in [3.8, 4) is 0 Å². The summed E-state index contributed by atoms with van der Waals surface area (Å²) in [7, 11) is 0. The van der Waals surface area contributed by atoms with Gasteiger partial charge >= 0.3 is 0 Å². The molecule has 0 aliphatic rings. The number of hydrogen-bond donors (Lipinski definition) is 1. The molecule has 0 spiro atoms. The molecular weight excluding hydrogens is 228 g/mol. The van der Waals surface area contributed by atoms with Crippen LogP contribution >= 0.6 is 23.2 Å². The molecule has 2 nitrogen and oxygen atoms in total. The van der Waals surface area contributed by atoms with Crippen molar-refractivity contribution in [2.75, 3.05) is 5.88 Å². The summed E-state index contributed by atoms with van der Waals surface area (Å²) in [6.45, 7) is 0.183. The molecule has 14 heavy (non-hydrogen) atoms. The van der Waals surface area contributed by atoms with Crippen LogP contribution in [0, 0.1) is 5.82 Å². The number of rotatable bonds is 3. The first-order chi connectivity index (χ1) is 6.63. The molecule has 0 saturated carbocycles. The number of hydrogen-bond acceptors (Lipinski definition) is 1. The van der Waals surface area contributed by atoms with Crippen LogP contribution in [0.15, 0.2) is 18.2 Å². The largest absolute Gasteiger partial charge is 0.351 e. The Morgan fingerprint density at radius 3 is 2.86 bits per heavy atom. The van der Waals surface area contributed by atoms with Crippen LogP contribution in [0.2, 0.25) is 5.02 Å². The van der Waals surface area contributed by atoms with E-state index in [-0.39, 0.29) is 24.1 Å². The average molecular weight is 236 g/mol. The lowest BCUT2D eigenvalue weighted by Gasteiger charge is -2.05. The van der Waals surface area contributed by atoms with Gasteiger partial charge in [-0.2, -0.15) is 0 Å². The van der Waals surface area contributed by atoms with Gasteiger partial charge in [0.15, 0.2) is 0 Å². The Bertz CT molecular complexity index is 344. The Hall–Kier alpha value is -0.800. The monoisotopic (exact) mass is 235 g/mol. The number of nitrogens with one attached hydrogen (secondary N) is 1. The summed E-state index contributed by atoms with van der Waals surface area (Å²) in [6, 6.07) is 3.98. The minimum Gasteiger partial charge on any atom is -0.351 e. The van der Waals surface area contributed by atoms with Crippen molar-refractivity contribution in [3.05, 3.63) is 34.6 Å². The average Bonchev–Trinajstić information content (AvgIpc) is 2.19. The second-order valence-electron chi connectivity index (χ2n) is 2.65. The SMILES string of the molecule is O=C(CCl)NCc1cc(F)ccc1Cl. The van der Waals surface area contributed by atoms with Crippen LogP contribution in [0.4, 0.5) is 4.39 Å². The van der Waals surface area contributed by atoms with Gasteiger partial charge in [0.2, 0.25) is 5.91 Å². The van der Waals surface area contributed by atoms with E-state index < -0.39 is 0 Å². The van der Waals surface area contributed by atoms with Gasteiger partial charge in [-0.3, -0.25) is 4.79 Å². The van der Waals surface area contributed by atoms with Crippen LogP contribution in [0.25, 0.3) is 0 Å². The highest BCUT2D eigenvalue weighted by atomic mass is 35.5. The molecule has 5 heteroatoms. The molecule has 0 bridgehead atoms. The Morgan fingerprint density at radius 2 is 2.21 bits per heavy atom. The first kappa shape index (κ1) is 11.3. The van der Waals surface area contributed by atoms with Crippen molar-refractivity contribution in [3.63, 3.8) is 0 Å². The lowest BCUT2D eigenvalue weighted by Crippen LogP contribution is -2.23. The highest BCUT2D eigenvalue weighted by molar-refractivity contribution is 6.31. The predicted octanol–water partition coefficient (Wildman–Crippen LogP) is 2.33. The van der Waals surface area contributed by atoms with Gasteiger partial charge < -0.3 is 5.32 Å². The number of halogens is 3. The Labute approximate surface area is 91.0 Å². The molecular formula is C9H8Cl2FNO. The number of carbonyl (C=O) groups is 1. The van der Waals surface area contributed by atoms with Gasteiger partial charge in [-0.05, 0) is 23.8 Å². The summed E-state index contributed by atoms with van der Waals surface area (Å²) in [5, 5.41) is 2.91. The molecule has 1 rings (SSSR count). The van der Waals surface area contributed by atoms with Gasteiger partial charge in [-0.25, -0.2) is 4.39 Å². The molecule has 76 valence electrons. The first-order valence-corrected chi connectivity index (χ1v) is 4.81. The van der Waals surface area contributed by atoms with Crippen LogP contribution in [0.5, 0.6) is 0 Å². The van der Waals surface area contributed by atoms with Gasteiger partial charge in [0, 0.05) is 11.6 Å². The quantitative estimate of drug-likeness (QED) is 0.801. The molecule has 0 radical (unpaired) electrons. The summed E-state index contributed by atoms with van der Waals surface area (Å²) < 4.78 is 12.8. The third-order valence-electron chi connectivity index (χ3n) is 1.61. The van der Waals surface area contributed by atoms with Crippen LogP contribution < -0.4 is 5.32 Å². The van der Waals surface area contributed by atoms with E-state index in [4.69, 9.17) is 23.2 Å². The number of benzene rings is 1. The second-order valence-corrected chi connectivity index (χ2v) is 3.32. The molecule has 0 saturated heterocycles. The van der Waals surface area contributed by atoms with Gasteiger partial charge in [-0.15, -0.1) is 11.6 Å². The van der Waals surface area contributed by atoms with Crippen LogP contribution in [0.1, 0.15) is 5.56 Å². The molecule has 1 aromatic rings. The van der Waals surface area contributed by atoms with Crippen molar-refractivity contribution >= 4 is 29.1 Å². The van der Waals surface area contributed by atoms with Gasteiger partial charge in [-0.1, -0.05) is 11.6 Å². The fourth-order valence-electron chi connectivity index (χ4n) is 0.920. The van der Waals surface area contributed by atoms with E-state index in [9.17, 15) is 9.18 Å². The van der Waals surface area contributed by atoms with Crippen LogP contribution in [0.3, 0.4) is 0 Å². The molecule has 0 fully saturated rings. The van der Waals surface area contributed by atoms with Gasteiger partial charge in [0.25, 0.3) is 0 Å². The zero-order chi connectivity index (χ0) is 10.6. The van der Waals surface area contributed by atoms with E-state index in [1.165, 1.54) is 18.2 Å². The predicted molar refractivity (Wildman–Crippen MR) is 54.0 cm³/mol. The number of amides is 1. The summed E-state index contributed by atoms with van der Waals surface area (Å²) in [5.41, 5.74) is 0.533. The van der Waals surface area contributed by atoms with E-state index in [0.717, 1.165) is 0 Å². The standard InChI is InChI=1S/C9H8Cl2FNO/c10-4-9(14)13-5-6-3-7(12)1-2-8(6)11/h1-3H,4-5H2,(H,13,14). The highest BCUT2D eigenvalue weighted by Gasteiger charge is 2.03. The Balaban J connectivity index is 2.66. The summed E-state index contributed by atoms with van der Waals surface area (Å²) in [4.78, 5) is 10.8. The van der Waals surface area contributed by atoms with E-state index in [1.54, 1.807) is 0 Å². The highest BCUT2D eigenvalue weighted by Crippen LogP contribution is 2.16. The Kier molecular flexibility index (Phi) is 4.17. The molecule has 0 heterocycles. The molecule has 0 aromatic heterocycles. The van der Waals surface area contributed by atoms with Crippen LogP contribution in [-0.4, -0.2) is 11.8 Å². The van der Waals surface area contributed by atoms with Crippen molar-refractivity contribution in [1.29, 1.82) is 0 Å². The first-order valence-electron chi connectivity index (χ1n) is 3.90.